The minimum absolute atomic E-state index is 0.0631. The molecule has 5 nitrogen and oxygen atoms in total. The fourth-order valence-corrected chi connectivity index (χ4v) is 1.87. The molecule has 0 spiro atoms. The first-order valence-electron chi connectivity index (χ1n) is 6.40. The van der Waals surface area contributed by atoms with Crippen LogP contribution in [0.15, 0.2) is 22.7 Å². The lowest BCUT2D eigenvalue weighted by Crippen LogP contribution is -2.15. The van der Waals surface area contributed by atoms with Crippen molar-refractivity contribution >= 4 is 0 Å². The Morgan fingerprint density at radius 2 is 2.10 bits per heavy atom. The fraction of sp³-hybridized carbons (Fsp3) is 0.385. The van der Waals surface area contributed by atoms with Crippen LogP contribution in [-0.4, -0.2) is 21.3 Å². The Labute approximate surface area is 117 Å². The lowest BCUT2D eigenvalue weighted by molar-refractivity contribution is -0.138. The van der Waals surface area contributed by atoms with Gasteiger partial charge in [0.25, 0.3) is 0 Å². The number of alkyl halides is 3. The Morgan fingerprint density at radius 1 is 1.33 bits per heavy atom. The molecule has 0 radical (unpaired) electrons. The zero-order chi connectivity index (χ0) is 15.0. The molecule has 0 bridgehead atoms. The Kier molecular flexibility index (Phi) is 3.32. The van der Waals surface area contributed by atoms with Crippen LogP contribution < -0.4 is 5.32 Å². The number of rotatable bonds is 4. The van der Waals surface area contributed by atoms with Crippen molar-refractivity contribution in [1.29, 1.82) is 0 Å². The Morgan fingerprint density at radius 3 is 2.76 bits per heavy atom. The molecule has 2 aromatic rings. The highest BCUT2D eigenvalue weighted by atomic mass is 19.4. The minimum atomic E-state index is -4.64. The molecule has 0 saturated heterocycles. The maximum absolute atomic E-state index is 12.7. The van der Waals surface area contributed by atoms with Crippen LogP contribution in [0.3, 0.4) is 0 Å². The van der Waals surface area contributed by atoms with Crippen LogP contribution >= 0.6 is 0 Å². The first-order valence-corrected chi connectivity index (χ1v) is 6.40. The van der Waals surface area contributed by atoms with E-state index in [-0.39, 0.29) is 11.4 Å². The highest BCUT2D eigenvalue weighted by Gasteiger charge is 2.34. The van der Waals surface area contributed by atoms with Crippen molar-refractivity contribution in [3.8, 4) is 17.1 Å². The van der Waals surface area contributed by atoms with Gasteiger partial charge in [0.2, 0.25) is 11.7 Å². The number of nitrogens with zero attached hydrogens (tertiary/aromatic N) is 2. The van der Waals surface area contributed by atoms with Crippen molar-refractivity contribution < 1.29 is 22.8 Å². The van der Waals surface area contributed by atoms with Gasteiger partial charge >= 0.3 is 6.18 Å². The highest BCUT2D eigenvalue weighted by Crippen LogP contribution is 2.37. The summed E-state index contributed by atoms with van der Waals surface area (Å²) in [5.74, 6) is -0.447. The first kappa shape index (κ1) is 13.9. The van der Waals surface area contributed by atoms with E-state index in [0.717, 1.165) is 25.0 Å². The van der Waals surface area contributed by atoms with Crippen molar-refractivity contribution in [2.75, 3.05) is 0 Å². The number of phenolic OH excluding ortho intramolecular Hbond substituents is 1. The number of hydrogen-bond acceptors (Lipinski definition) is 5. The number of aromatic nitrogens is 2. The quantitative estimate of drug-likeness (QED) is 0.908. The minimum Gasteiger partial charge on any atom is -0.507 e. The monoisotopic (exact) mass is 299 g/mol. The van der Waals surface area contributed by atoms with E-state index in [1.807, 2.05) is 0 Å². The fourth-order valence-electron chi connectivity index (χ4n) is 1.87. The van der Waals surface area contributed by atoms with Crippen LogP contribution in [0.2, 0.25) is 0 Å². The predicted molar refractivity (Wildman–Crippen MR) is 66.3 cm³/mol. The molecule has 1 aliphatic rings. The summed E-state index contributed by atoms with van der Waals surface area (Å²) >= 11 is 0. The molecule has 0 unspecified atom stereocenters. The predicted octanol–water partition coefficient (Wildman–Crippen LogP) is 2.71. The van der Waals surface area contributed by atoms with Gasteiger partial charge in [-0.05, 0) is 31.0 Å². The molecule has 112 valence electrons. The molecule has 3 rings (SSSR count). The standard InChI is InChI=1S/C13H12F3N3O2/c14-13(15,16)9-5-7(1-4-10(9)20)12-18-11(21-19-12)6-17-8-2-3-8/h1,4-5,8,17,20H,2-3,6H2. The van der Waals surface area contributed by atoms with E-state index in [1.54, 1.807) is 0 Å². The van der Waals surface area contributed by atoms with Crippen LogP contribution in [0.1, 0.15) is 24.3 Å². The average molecular weight is 299 g/mol. The number of halogens is 3. The third kappa shape index (κ3) is 3.15. The molecule has 1 aliphatic carbocycles. The summed E-state index contributed by atoms with van der Waals surface area (Å²) in [7, 11) is 0. The van der Waals surface area contributed by atoms with Gasteiger partial charge in [-0.25, -0.2) is 0 Å². The van der Waals surface area contributed by atoms with Gasteiger partial charge in [0.15, 0.2) is 0 Å². The largest absolute Gasteiger partial charge is 0.507 e. The van der Waals surface area contributed by atoms with E-state index in [0.29, 0.717) is 18.5 Å². The second-order valence-corrected chi connectivity index (χ2v) is 4.90. The number of benzene rings is 1. The lowest BCUT2D eigenvalue weighted by Gasteiger charge is -2.09. The molecule has 1 aromatic carbocycles. The number of aromatic hydroxyl groups is 1. The molecule has 1 heterocycles. The van der Waals surface area contributed by atoms with Crippen LogP contribution in [0.5, 0.6) is 5.75 Å². The maximum atomic E-state index is 12.7. The molecular weight excluding hydrogens is 287 g/mol. The molecule has 8 heteroatoms. The van der Waals surface area contributed by atoms with E-state index < -0.39 is 17.5 Å². The zero-order valence-electron chi connectivity index (χ0n) is 10.8. The van der Waals surface area contributed by atoms with Gasteiger partial charge in [0.05, 0.1) is 12.1 Å². The van der Waals surface area contributed by atoms with E-state index in [4.69, 9.17) is 4.52 Å². The summed E-state index contributed by atoms with van der Waals surface area (Å²) in [5, 5.41) is 16.1. The van der Waals surface area contributed by atoms with Crippen molar-refractivity contribution in [1.82, 2.24) is 15.5 Å². The third-order valence-corrected chi connectivity index (χ3v) is 3.15. The summed E-state index contributed by atoms with van der Waals surface area (Å²) < 4.78 is 43.2. The van der Waals surface area contributed by atoms with Gasteiger partial charge in [-0.1, -0.05) is 5.16 Å². The van der Waals surface area contributed by atoms with Crippen LogP contribution in [0.4, 0.5) is 13.2 Å². The van der Waals surface area contributed by atoms with E-state index >= 15 is 0 Å². The summed E-state index contributed by atoms with van der Waals surface area (Å²) in [6, 6.07) is 3.55. The lowest BCUT2D eigenvalue weighted by atomic mass is 10.1. The van der Waals surface area contributed by atoms with Gasteiger partial charge in [-0.2, -0.15) is 18.2 Å². The second kappa shape index (κ2) is 5.03. The Bertz CT molecular complexity index is 650. The molecule has 0 atom stereocenters. The van der Waals surface area contributed by atoms with Crippen molar-refractivity contribution in [3.63, 3.8) is 0 Å². The summed E-state index contributed by atoms with van der Waals surface area (Å²) in [4.78, 5) is 4.04. The molecular formula is C13H12F3N3O2. The van der Waals surface area contributed by atoms with E-state index in [2.05, 4.69) is 15.5 Å². The summed E-state index contributed by atoms with van der Waals surface area (Å²) in [5.41, 5.74) is -0.982. The molecule has 1 aromatic heterocycles. The normalized spacial score (nSPS) is 15.4. The van der Waals surface area contributed by atoms with Gasteiger partial charge in [-0.15, -0.1) is 0 Å². The Balaban J connectivity index is 1.82. The van der Waals surface area contributed by atoms with Crippen molar-refractivity contribution in [2.24, 2.45) is 0 Å². The van der Waals surface area contributed by atoms with Gasteiger partial charge in [-0.3, -0.25) is 0 Å². The van der Waals surface area contributed by atoms with Gasteiger partial charge in [0.1, 0.15) is 5.75 Å². The second-order valence-electron chi connectivity index (χ2n) is 4.90. The number of phenols is 1. The maximum Gasteiger partial charge on any atom is 0.419 e. The number of hydrogen-bond donors (Lipinski definition) is 2. The molecule has 1 fully saturated rings. The van der Waals surface area contributed by atoms with Crippen molar-refractivity contribution in [3.05, 3.63) is 29.7 Å². The molecule has 21 heavy (non-hydrogen) atoms. The van der Waals surface area contributed by atoms with Gasteiger partial charge < -0.3 is 14.9 Å². The topological polar surface area (TPSA) is 71.2 Å². The average Bonchev–Trinajstić information content (AvgIpc) is 3.13. The summed E-state index contributed by atoms with van der Waals surface area (Å²) in [6.07, 6.45) is -2.43. The molecule has 0 amide bonds. The van der Waals surface area contributed by atoms with Crippen LogP contribution in [-0.2, 0) is 12.7 Å². The smallest absolute Gasteiger partial charge is 0.419 e. The summed E-state index contributed by atoms with van der Waals surface area (Å²) in [6.45, 7) is 0.391. The molecule has 0 aliphatic heterocycles. The molecule has 1 saturated carbocycles. The van der Waals surface area contributed by atoms with E-state index in [1.165, 1.54) is 6.07 Å². The van der Waals surface area contributed by atoms with Crippen molar-refractivity contribution in [2.45, 2.75) is 31.6 Å². The van der Waals surface area contributed by atoms with Crippen LogP contribution in [0, 0.1) is 0 Å². The first-order chi connectivity index (χ1) is 9.93. The zero-order valence-corrected chi connectivity index (χ0v) is 10.8. The van der Waals surface area contributed by atoms with Crippen LogP contribution in [0.25, 0.3) is 11.4 Å². The van der Waals surface area contributed by atoms with Gasteiger partial charge in [0, 0.05) is 11.6 Å². The SMILES string of the molecule is Oc1ccc(-c2noc(CNC3CC3)n2)cc1C(F)(F)F. The van der Waals surface area contributed by atoms with E-state index in [9.17, 15) is 18.3 Å². The highest BCUT2D eigenvalue weighted by molar-refractivity contribution is 5.58. The molecule has 2 N–H and O–H groups in total. The Hall–Kier alpha value is -2.09. The third-order valence-electron chi connectivity index (χ3n) is 3.15. The number of nitrogens with one attached hydrogen (secondary N) is 1.